The Morgan fingerprint density at radius 3 is 3.00 bits per heavy atom. The van der Waals surface area contributed by atoms with Crippen LogP contribution in [0.25, 0.3) is 11.5 Å². The number of fused-ring (bicyclic) bond motifs is 1. The van der Waals surface area contributed by atoms with Gasteiger partial charge in [-0.2, -0.15) is 0 Å². The van der Waals surface area contributed by atoms with E-state index in [-0.39, 0.29) is 6.79 Å². The maximum Gasteiger partial charge on any atom is 0.248 e. The van der Waals surface area contributed by atoms with Crippen molar-refractivity contribution in [3.8, 4) is 23.0 Å². The lowest BCUT2D eigenvalue weighted by Crippen LogP contribution is -2.21. The van der Waals surface area contributed by atoms with Crippen molar-refractivity contribution in [2.24, 2.45) is 5.92 Å². The predicted octanol–water partition coefficient (Wildman–Crippen LogP) is 3.56. The van der Waals surface area contributed by atoms with Crippen LogP contribution in [0.1, 0.15) is 38.5 Å². The van der Waals surface area contributed by atoms with Gasteiger partial charge in [0.15, 0.2) is 11.5 Å². The van der Waals surface area contributed by atoms with Crippen LogP contribution in [0.4, 0.5) is 0 Å². The number of rotatable bonds is 4. The highest BCUT2D eigenvalue weighted by molar-refractivity contribution is 5.60. The monoisotopic (exact) mass is 316 g/mol. The SMILES string of the molecule is C[C@@H]1CCC[C@H](OCc2nnc(-c3ccc4c(c3)OCO4)o2)C1. The Morgan fingerprint density at radius 1 is 1.17 bits per heavy atom. The number of ether oxygens (including phenoxy) is 3. The summed E-state index contributed by atoms with van der Waals surface area (Å²) < 4.78 is 22.3. The third kappa shape index (κ3) is 3.17. The highest BCUT2D eigenvalue weighted by atomic mass is 16.7. The van der Waals surface area contributed by atoms with E-state index in [9.17, 15) is 0 Å². The standard InChI is InChI=1S/C17H20N2O4/c1-11-3-2-4-13(7-11)20-9-16-18-19-17(23-16)12-5-6-14-15(8-12)22-10-21-14/h5-6,8,11,13H,2-4,7,9-10H2,1H3/t11-,13+/m1/s1. The smallest absolute Gasteiger partial charge is 0.248 e. The Kier molecular flexibility index (Phi) is 3.91. The molecule has 4 rings (SSSR count). The maximum atomic E-state index is 5.92. The molecule has 0 bridgehead atoms. The molecular formula is C17H20N2O4. The fraction of sp³-hybridized carbons (Fsp3) is 0.529. The van der Waals surface area contributed by atoms with Crippen molar-refractivity contribution >= 4 is 0 Å². The molecule has 1 saturated carbocycles. The molecule has 1 aromatic carbocycles. The number of aromatic nitrogens is 2. The van der Waals surface area contributed by atoms with Crippen LogP contribution in [0.3, 0.4) is 0 Å². The number of hydrogen-bond donors (Lipinski definition) is 0. The van der Waals surface area contributed by atoms with E-state index in [4.69, 9.17) is 18.6 Å². The lowest BCUT2D eigenvalue weighted by Gasteiger charge is -2.26. The van der Waals surface area contributed by atoms with Gasteiger partial charge in [-0.15, -0.1) is 10.2 Å². The van der Waals surface area contributed by atoms with Gasteiger partial charge in [0.05, 0.1) is 6.10 Å². The summed E-state index contributed by atoms with van der Waals surface area (Å²) in [7, 11) is 0. The second kappa shape index (κ2) is 6.20. The fourth-order valence-electron chi connectivity index (χ4n) is 3.18. The molecule has 0 spiro atoms. The normalized spacial score (nSPS) is 23.2. The van der Waals surface area contributed by atoms with Gasteiger partial charge in [-0.3, -0.25) is 0 Å². The van der Waals surface area contributed by atoms with E-state index in [1.807, 2.05) is 18.2 Å². The first-order valence-electron chi connectivity index (χ1n) is 8.12. The Bertz CT molecular complexity index is 685. The van der Waals surface area contributed by atoms with Crippen LogP contribution in [-0.2, 0) is 11.3 Å². The molecule has 2 heterocycles. The zero-order valence-corrected chi connectivity index (χ0v) is 13.2. The molecule has 1 fully saturated rings. The molecule has 122 valence electrons. The average Bonchev–Trinajstić information content (AvgIpc) is 3.21. The molecule has 2 aromatic rings. The lowest BCUT2D eigenvalue weighted by atomic mass is 9.89. The molecule has 1 aromatic heterocycles. The minimum Gasteiger partial charge on any atom is -0.454 e. The Balaban J connectivity index is 1.40. The third-order valence-electron chi connectivity index (χ3n) is 4.42. The van der Waals surface area contributed by atoms with Crippen molar-refractivity contribution in [3.63, 3.8) is 0 Å². The second-order valence-electron chi connectivity index (χ2n) is 6.27. The Hall–Kier alpha value is -2.08. The zero-order chi connectivity index (χ0) is 15.6. The number of benzene rings is 1. The molecule has 2 atom stereocenters. The summed E-state index contributed by atoms with van der Waals surface area (Å²) in [6.45, 7) is 2.90. The molecule has 6 heteroatoms. The predicted molar refractivity (Wildman–Crippen MR) is 82.1 cm³/mol. The summed E-state index contributed by atoms with van der Waals surface area (Å²) >= 11 is 0. The van der Waals surface area contributed by atoms with Crippen LogP contribution in [0, 0.1) is 5.92 Å². The van der Waals surface area contributed by atoms with Gasteiger partial charge in [0.2, 0.25) is 18.6 Å². The fourth-order valence-corrected chi connectivity index (χ4v) is 3.18. The van der Waals surface area contributed by atoms with E-state index in [1.165, 1.54) is 12.8 Å². The molecule has 0 N–H and O–H groups in total. The summed E-state index contributed by atoms with van der Waals surface area (Å²) in [6, 6.07) is 5.58. The average molecular weight is 316 g/mol. The van der Waals surface area contributed by atoms with Gasteiger partial charge in [-0.1, -0.05) is 19.8 Å². The topological polar surface area (TPSA) is 66.6 Å². The molecule has 0 amide bonds. The van der Waals surface area contributed by atoms with Gasteiger partial charge in [-0.25, -0.2) is 0 Å². The van der Waals surface area contributed by atoms with Crippen molar-refractivity contribution < 1.29 is 18.6 Å². The van der Waals surface area contributed by atoms with Gasteiger partial charge in [0, 0.05) is 5.56 Å². The molecule has 6 nitrogen and oxygen atoms in total. The molecule has 0 radical (unpaired) electrons. The van der Waals surface area contributed by atoms with Crippen LogP contribution < -0.4 is 9.47 Å². The van der Waals surface area contributed by atoms with E-state index >= 15 is 0 Å². The number of hydrogen-bond acceptors (Lipinski definition) is 6. The van der Waals surface area contributed by atoms with E-state index in [2.05, 4.69) is 17.1 Å². The van der Waals surface area contributed by atoms with Gasteiger partial charge in [-0.05, 0) is 37.0 Å². The van der Waals surface area contributed by atoms with E-state index < -0.39 is 0 Å². The molecule has 1 aliphatic heterocycles. The van der Waals surface area contributed by atoms with Crippen molar-refractivity contribution in [3.05, 3.63) is 24.1 Å². The molecule has 1 aliphatic carbocycles. The summed E-state index contributed by atoms with van der Waals surface area (Å²) in [5.41, 5.74) is 0.819. The van der Waals surface area contributed by atoms with E-state index in [0.29, 0.717) is 30.2 Å². The summed E-state index contributed by atoms with van der Waals surface area (Å²) in [5, 5.41) is 8.17. The minimum absolute atomic E-state index is 0.252. The van der Waals surface area contributed by atoms with E-state index in [1.54, 1.807) is 0 Å². The van der Waals surface area contributed by atoms with Crippen LogP contribution in [0.5, 0.6) is 11.5 Å². The minimum atomic E-state index is 0.252. The van der Waals surface area contributed by atoms with Gasteiger partial charge >= 0.3 is 0 Å². The molecule has 0 unspecified atom stereocenters. The van der Waals surface area contributed by atoms with Crippen molar-refractivity contribution in [2.75, 3.05) is 6.79 Å². The molecular weight excluding hydrogens is 296 g/mol. The van der Waals surface area contributed by atoms with Crippen LogP contribution in [0.15, 0.2) is 22.6 Å². The third-order valence-corrected chi connectivity index (χ3v) is 4.42. The molecule has 23 heavy (non-hydrogen) atoms. The molecule has 0 saturated heterocycles. The van der Waals surface area contributed by atoms with Crippen molar-refractivity contribution in [2.45, 2.75) is 45.3 Å². The van der Waals surface area contributed by atoms with Crippen molar-refractivity contribution in [1.82, 2.24) is 10.2 Å². The first-order valence-corrected chi connectivity index (χ1v) is 8.12. The first kappa shape index (κ1) is 14.5. The first-order chi connectivity index (χ1) is 11.3. The Morgan fingerprint density at radius 2 is 2.09 bits per heavy atom. The largest absolute Gasteiger partial charge is 0.454 e. The van der Waals surface area contributed by atoms with E-state index in [0.717, 1.165) is 30.1 Å². The number of nitrogens with zero attached hydrogens (tertiary/aromatic N) is 2. The summed E-state index contributed by atoms with van der Waals surface area (Å²) in [6.07, 6.45) is 5.07. The molecule has 2 aliphatic rings. The van der Waals surface area contributed by atoms with Gasteiger partial charge < -0.3 is 18.6 Å². The highest BCUT2D eigenvalue weighted by Crippen LogP contribution is 2.35. The lowest BCUT2D eigenvalue weighted by molar-refractivity contribution is -0.00444. The second-order valence-corrected chi connectivity index (χ2v) is 6.27. The van der Waals surface area contributed by atoms with Gasteiger partial charge in [0.1, 0.15) is 6.61 Å². The Labute approximate surface area is 134 Å². The summed E-state index contributed by atoms with van der Waals surface area (Å²) in [5.74, 6) is 3.16. The van der Waals surface area contributed by atoms with Crippen LogP contribution in [-0.4, -0.2) is 23.1 Å². The quantitative estimate of drug-likeness (QED) is 0.859. The summed E-state index contributed by atoms with van der Waals surface area (Å²) in [4.78, 5) is 0. The maximum absolute atomic E-state index is 5.92. The zero-order valence-electron chi connectivity index (χ0n) is 13.2. The highest BCUT2D eigenvalue weighted by Gasteiger charge is 2.21. The van der Waals surface area contributed by atoms with Crippen molar-refractivity contribution in [1.29, 1.82) is 0 Å². The van der Waals surface area contributed by atoms with Gasteiger partial charge in [0.25, 0.3) is 0 Å². The van der Waals surface area contributed by atoms with Crippen LogP contribution in [0.2, 0.25) is 0 Å². The van der Waals surface area contributed by atoms with Crippen LogP contribution >= 0.6 is 0 Å².